The summed E-state index contributed by atoms with van der Waals surface area (Å²) in [6.45, 7) is 5.81. The van der Waals surface area contributed by atoms with Crippen LogP contribution in [0.2, 0.25) is 0 Å². The summed E-state index contributed by atoms with van der Waals surface area (Å²) in [4.78, 5) is 2.48. The van der Waals surface area contributed by atoms with E-state index in [0.717, 1.165) is 6.42 Å². The van der Waals surface area contributed by atoms with Crippen molar-refractivity contribution in [2.75, 3.05) is 19.6 Å². The molecule has 68 valence electrons. The quantitative estimate of drug-likeness (QED) is 0.627. The van der Waals surface area contributed by atoms with Crippen LogP contribution in [0.4, 0.5) is 0 Å². The lowest BCUT2D eigenvalue weighted by atomic mass is 9.98. The molecule has 0 N–H and O–H groups in total. The Morgan fingerprint density at radius 2 is 2.25 bits per heavy atom. The molecule has 1 heterocycles. The van der Waals surface area contributed by atoms with Crippen molar-refractivity contribution in [2.45, 2.75) is 32.6 Å². The Kier molecular flexibility index (Phi) is 4.10. The lowest BCUT2D eigenvalue weighted by molar-refractivity contribution is 0.296. The van der Waals surface area contributed by atoms with E-state index in [9.17, 15) is 0 Å². The molecule has 1 rings (SSSR count). The lowest BCUT2D eigenvalue weighted by Crippen LogP contribution is -2.24. The van der Waals surface area contributed by atoms with Crippen molar-refractivity contribution in [3.8, 4) is 6.07 Å². The smallest absolute Gasteiger partial charge is 0.0624 e. The number of hydrogen-bond acceptors (Lipinski definition) is 2. The van der Waals surface area contributed by atoms with Crippen LogP contribution < -0.4 is 0 Å². The lowest BCUT2D eigenvalue weighted by Gasteiger charge is -2.16. The summed E-state index contributed by atoms with van der Waals surface area (Å²) in [6, 6.07) is 2.28. The maximum atomic E-state index is 8.57. The SMILES string of the molecule is CCN1CCCC(CC#N)CC1. The zero-order valence-electron chi connectivity index (χ0n) is 7.92. The summed E-state index contributed by atoms with van der Waals surface area (Å²) in [5.41, 5.74) is 0. The van der Waals surface area contributed by atoms with E-state index in [1.807, 2.05) is 0 Å². The van der Waals surface area contributed by atoms with Crippen LogP contribution in [0.15, 0.2) is 0 Å². The van der Waals surface area contributed by atoms with Crippen molar-refractivity contribution in [1.82, 2.24) is 4.90 Å². The van der Waals surface area contributed by atoms with E-state index < -0.39 is 0 Å². The number of nitriles is 1. The molecule has 1 atom stereocenters. The van der Waals surface area contributed by atoms with Gasteiger partial charge in [-0.3, -0.25) is 0 Å². The molecule has 0 aromatic heterocycles. The highest BCUT2D eigenvalue weighted by atomic mass is 15.1. The third kappa shape index (κ3) is 2.83. The highest BCUT2D eigenvalue weighted by Gasteiger charge is 2.14. The molecule has 12 heavy (non-hydrogen) atoms. The van der Waals surface area contributed by atoms with Crippen LogP contribution >= 0.6 is 0 Å². The second-order valence-electron chi connectivity index (χ2n) is 3.59. The molecule has 0 bridgehead atoms. The van der Waals surface area contributed by atoms with Gasteiger partial charge in [-0.2, -0.15) is 5.26 Å². The van der Waals surface area contributed by atoms with Gasteiger partial charge in [-0.1, -0.05) is 6.92 Å². The number of nitrogens with zero attached hydrogens (tertiary/aromatic N) is 2. The molecule has 1 unspecified atom stereocenters. The first-order chi connectivity index (χ1) is 5.86. The van der Waals surface area contributed by atoms with Gasteiger partial charge in [0.05, 0.1) is 6.07 Å². The van der Waals surface area contributed by atoms with Gasteiger partial charge in [0.15, 0.2) is 0 Å². The second kappa shape index (κ2) is 5.16. The minimum atomic E-state index is 0.673. The predicted molar refractivity (Wildman–Crippen MR) is 49.7 cm³/mol. The van der Waals surface area contributed by atoms with E-state index in [4.69, 9.17) is 5.26 Å². The molecule has 0 radical (unpaired) electrons. The van der Waals surface area contributed by atoms with Gasteiger partial charge in [-0.25, -0.2) is 0 Å². The molecule has 0 aromatic rings. The molecular weight excluding hydrogens is 148 g/mol. The summed E-state index contributed by atoms with van der Waals surface area (Å²) in [5.74, 6) is 0.673. The third-order valence-corrected chi connectivity index (χ3v) is 2.77. The number of hydrogen-bond donors (Lipinski definition) is 0. The Bertz CT molecular complexity index is 160. The van der Waals surface area contributed by atoms with Crippen LogP contribution in [-0.4, -0.2) is 24.5 Å². The molecule has 0 aromatic carbocycles. The van der Waals surface area contributed by atoms with Gasteiger partial charge in [0, 0.05) is 6.42 Å². The highest BCUT2D eigenvalue weighted by Crippen LogP contribution is 2.19. The largest absolute Gasteiger partial charge is 0.304 e. The predicted octanol–water partition coefficient (Wildman–Crippen LogP) is 2.02. The van der Waals surface area contributed by atoms with Gasteiger partial charge < -0.3 is 4.90 Å². The van der Waals surface area contributed by atoms with Gasteiger partial charge >= 0.3 is 0 Å². The van der Waals surface area contributed by atoms with Crippen LogP contribution in [0, 0.1) is 17.2 Å². The molecule has 0 aliphatic carbocycles. The van der Waals surface area contributed by atoms with Crippen molar-refractivity contribution in [3.05, 3.63) is 0 Å². The van der Waals surface area contributed by atoms with E-state index in [1.165, 1.54) is 38.9 Å². The van der Waals surface area contributed by atoms with Crippen molar-refractivity contribution in [3.63, 3.8) is 0 Å². The first-order valence-electron chi connectivity index (χ1n) is 4.96. The molecule has 2 heteroatoms. The van der Waals surface area contributed by atoms with E-state index >= 15 is 0 Å². The summed E-state index contributed by atoms with van der Waals surface area (Å²) in [7, 11) is 0. The summed E-state index contributed by atoms with van der Waals surface area (Å²) in [6.07, 6.45) is 4.52. The van der Waals surface area contributed by atoms with Gasteiger partial charge in [-0.15, -0.1) is 0 Å². The first-order valence-corrected chi connectivity index (χ1v) is 4.96. The Morgan fingerprint density at radius 3 is 2.92 bits per heavy atom. The normalized spacial score (nSPS) is 26.2. The van der Waals surface area contributed by atoms with Crippen molar-refractivity contribution in [1.29, 1.82) is 5.26 Å². The maximum Gasteiger partial charge on any atom is 0.0624 e. The molecule has 2 nitrogen and oxygen atoms in total. The topological polar surface area (TPSA) is 27.0 Å². The van der Waals surface area contributed by atoms with E-state index in [0.29, 0.717) is 5.92 Å². The molecule has 1 aliphatic heterocycles. The minimum Gasteiger partial charge on any atom is -0.304 e. The monoisotopic (exact) mass is 166 g/mol. The Morgan fingerprint density at radius 1 is 1.42 bits per heavy atom. The minimum absolute atomic E-state index is 0.673. The van der Waals surface area contributed by atoms with Crippen molar-refractivity contribution in [2.24, 2.45) is 5.92 Å². The second-order valence-corrected chi connectivity index (χ2v) is 3.59. The average molecular weight is 166 g/mol. The van der Waals surface area contributed by atoms with E-state index in [1.54, 1.807) is 0 Å². The van der Waals surface area contributed by atoms with Gasteiger partial charge in [0.25, 0.3) is 0 Å². The summed E-state index contributed by atoms with van der Waals surface area (Å²) in [5, 5.41) is 8.57. The van der Waals surface area contributed by atoms with Crippen molar-refractivity contribution < 1.29 is 0 Å². The Hall–Kier alpha value is -0.550. The zero-order valence-corrected chi connectivity index (χ0v) is 7.92. The van der Waals surface area contributed by atoms with E-state index in [-0.39, 0.29) is 0 Å². The fourth-order valence-electron chi connectivity index (χ4n) is 1.87. The molecule has 0 spiro atoms. The first kappa shape index (κ1) is 9.54. The third-order valence-electron chi connectivity index (χ3n) is 2.77. The molecule has 1 saturated heterocycles. The van der Waals surface area contributed by atoms with Crippen molar-refractivity contribution >= 4 is 0 Å². The van der Waals surface area contributed by atoms with Crippen LogP contribution in [0.3, 0.4) is 0 Å². The van der Waals surface area contributed by atoms with Gasteiger partial charge in [-0.05, 0) is 44.8 Å². The van der Waals surface area contributed by atoms with Gasteiger partial charge in [0.2, 0.25) is 0 Å². The standard InChI is InChI=1S/C10H18N2/c1-2-12-8-3-4-10(5-7-11)6-9-12/h10H,2-6,8-9H2,1H3. The molecule has 1 fully saturated rings. The van der Waals surface area contributed by atoms with E-state index in [2.05, 4.69) is 17.9 Å². The maximum absolute atomic E-state index is 8.57. The zero-order chi connectivity index (χ0) is 8.81. The molecule has 1 aliphatic rings. The molecular formula is C10H18N2. The summed E-state index contributed by atoms with van der Waals surface area (Å²) >= 11 is 0. The van der Waals surface area contributed by atoms with Gasteiger partial charge in [0.1, 0.15) is 0 Å². The summed E-state index contributed by atoms with van der Waals surface area (Å²) < 4.78 is 0. The average Bonchev–Trinajstić information content (AvgIpc) is 2.31. The highest BCUT2D eigenvalue weighted by molar-refractivity contribution is 4.78. The number of likely N-dealkylation sites (tertiary alicyclic amines) is 1. The van der Waals surface area contributed by atoms with Crippen LogP contribution in [0.1, 0.15) is 32.6 Å². The fraction of sp³-hybridized carbons (Fsp3) is 0.900. The molecule has 0 saturated carbocycles. The number of rotatable bonds is 2. The van der Waals surface area contributed by atoms with Crippen LogP contribution in [0.5, 0.6) is 0 Å². The van der Waals surface area contributed by atoms with Crippen LogP contribution in [0.25, 0.3) is 0 Å². The Balaban J connectivity index is 2.30. The molecule has 0 amide bonds. The fourth-order valence-corrected chi connectivity index (χ4v) is 1.87. The Labute approximate surface area is 75.2 Å². The van der Waals surface area contributed by atoms with Crippen LogP contribution in [-0.2, 0) is 0 Å².